The molecule has 1 unspecified atom stereocenters. The van der Waals surface area contributed by atoms with Gasteiger partial charge in [0.05, 0.1) is 5.41 Å². The van der Waals surface area contributed by atoms with E-state index in [1.165, 1.54) is 10.4 Å². The summed E-state index contributed by atoms with van der Waals surface area (Å²) in [5, 5.41) is 9.25. The summed E-state index contributed by atoms with van der Waals surface area (Å²) in [5.41, 5.74) is 2.04. The van der Waals surface area contributed by atoms with Crippen LogP contribution in [0.2, 0.25) is 0 Å². The number of carbonyl (C=O) groups is 2. The van der Waals surface area contributed by atoms with Gasteiger partial charge in [-0.3, -0.25) is 9.69 Å². The molecule has 1 aromatic carbocycles. The Morgan fingerprint density at radius 3 is 2.48 bits per heavy atom. The monoisotopic (exact) mass is 454 g/mol. The largest absolute Gasteiger partial charge is 0.490 e. The van der Waals surface area contributed by atoms with Crippen molar-refractivity contribution in [2.24, 2.45) is 5.92 Å². The van der Waals surface area contributed by atoms with Crippen molar-refractivity contribution in [2.75, 3.05) is 24.5 Å². The lowest BCUT2D eigenvalue weighted by molar-refractivity contribution is -0.192. The van der Waals surface area contributed by atoms with E-state index in [0.29, 0.717) is 11.8 Å². The lowest BCUT2D eigenvalue weighted by Gasteiger charge is -2.25. The van der Waals surface area contributed by atoms with Crippen molar-refractivity contribution in [2.45, 2.75) is 38.4 Å². The summed E-state index contributed by atoms with van der Waals surface area (Å²) in [7, 11) is 0. The van der Waals surface area contributed by atoms with Gasteiger partial charge in [0.1, 0.15) is 0 Å². The Labute approximate surface area is 183 Å². The number of carboxylic acid groups (broad SMARTS) is 1. The molecular weight excluding hydrogens is 429 g/mol. The average molecular weight is 455 g/mol. The summed E-state index contributed by atoms with van der Waals surface area (Å²) >= 11 is 1.80. The molecule has 2 aliphatic rings. The van der Waals surface area contributed by atoms with Crippen LogP contribution in [-0.2, 0) is 21.5 Å². The number of thiophene rings is 1. The molecule has 1 N–H and O–H groups in total. The Hall–Kier alpha value is -2.39. The zero-order valence-corrected chi connectivity index (χ0v) is 18.2. The number of carbonyl (C=O) groups excluding carboxylic acids is 1. The first-order valence-corrected chi connectivity index (χ1v) is 10.9. The molecule has 1 spiro atoms. The van der Waals surface area contributed by atoms with E-state index >= 15 is 0 Å². The second-order valence-corrected chi connectivity index (χ2v) is 9.28. The number of anilines is 1. The van der Waals surface area contributed by atoms with Gasteiger partial charge in [0.15, 0.2) is 0 Å². The van der Waals surface area contributed by atoms with Gasteiger partial charge in [0.25, 0.3) is 0 Å². The number of para-hydroxylation sites is 1. The molecule has 168 valence electrons. The van der Waals surface area contributed by atoms with Gasteiger partial charge in [-0.15, -0.1) is 11.3 Å². The van der Waals surface area contributed by atoms with Crippen molar-refractivity contribution >= 4 is 28.9 Å². The van der Waals surface area contributed by atoms with E-state index < -0.39 is 12.1 Å². The number of amides is 1. The number of carboxylic acids is 1. The van der Waals surface area contributed by atoms with E-state index in [-0.39, 0.29) is 5.41 Å². The molecule has 1 saturated heterocycles. The van der Waals surface area contributed by atoms with Crippen LogP contribution in [0.3, 0.4) is 0 Å². The fourth-order valence-electron chi connectivity index (χ4n) is 4.18. The summed E-state index contributed by atoms with van der Waals surface area (Å²) in [6.45, 7) is 7.96. The molecule has 1 atom stereocenters. The van der Waals surface area contributed by atoms with Crippen LogP contribution < -0.4 is 4.90 Å². The van der Waals surface area contributed by atoms with E-state index in [2.05, 4.69) is 60.5 Å². The fraction of sp³-hybridized carbons (Fsp3) is 0.455. The molecule has 4 rings (SSSR count). The zero-order chi connectivity index (χ0) is 22.8. The first kappa shape index (κ1) is 23.3. The summed E-state index contributed by atoms with van der Waals surface area (Å²) in [6.07, 6.45) is -4.15. The molecule has 5 nitrogen and oxygen atoms in total. The number of rotatable bonds is 4. The maximum absolute atomic E-state index is 13.4. The second-order valence-electron chi connectivity index (χ2n) is 8.25. The second kappa shape index (κ2) is 9.00. The number of hydrogen-bond acceptors (Lipinski definition) is 4. The number of hydrogen-bond donors (Lipinski definition) is 1. The topological polar surface area (TPSA) is 60.9 Å². The van der Waals surface area contributed by atoms with Crippen molar-refractivity contribution in [1.29, 1.82) is 0 Å². The van der Waals surface area contributed by atoms with Crippen molar-refractivity contribution in [3.63, 3.8) is 0 Å². The molecule has 3 heterocycles. The van der Waals surface area contributed by atoms with Crippen LogP contribution in [0.15, 0.2) is 41.8 Å². The number of halogens is 3. The van der Waals surface area contributed by atoms with E-state index in [4.69, 9.17) is 9.90 Å². The van der Waals surface area contributed by atoms with Crippen LogP contribution in [0, 0.1) is 5.92 Å². The fourth-order valence-corrected chi connectivity index (χ4v) is 4.93. The molecule has 0 radical (unpaired) electrons. The SMILES string of the molecule is CC(C)CN1C(=O)C2(CCN(Cc3cccs3)C2)c2ccccc21.O=C(O)C(F)(F)F. The van der Waals surface area contributed by atoms with Crippen molar-refractivity contribution in [1.82, 2.24) is 4.90 Å². The minimum atomic E-state index is -5.08. The van der Waals surface area contributed by atoms with E-state index in [1.54, 1.807) is 11.3 Å². The Balaban J connectivity index is 0.000000339. The maximum Gasteiger partial charge on any atom is 0.490 e. The van der Waals surface area contributed by atoms with Crippen molar-refractivity contribution in [3.05, 3.63) is 52.2 Å². The van der Waals surface area contributed by atoms with Crippen LogP contribution >= 0.6 is 11.3 Å². The Bertz CT molecular complexity index is 930. The highest BCUT2D eigenvalue weighted by Gasteiger charge is 2.54. The summed E-state index contributed by atoms with van der Waals surface area (Å²) in [5.74, 6) is -1.97. The van der Waals surface area contributed by atoms with Gasteiger partial charge in [-0.05, 0) is 42.0 Å². The van der Waals surface area contributed by atoms with Crippen LogP contribution in [0.1, 0.15) is 30.7 Å². The predicted molar refractivity (Wildman–Crippen MR) is 113 cm³/mol. The highest BCUT2D eigenvalue weighted by Crippen LogP contribution is 2.47. The predicted octanol–water partition coefficient (Wildman–Crippen LogP) is 4.53. The highest BCUT2D eigenvalue weighted by atomic mass is 32.1. The van der Waals surface area contributed by atoms with Crippen LogP contribution in [0.4, 0.5) is 18.9 Å². The summed E-state index contributed by atoms with van der Waals surface area (Å²) in [4.78, 5) is 28.1. The molecule has 1 aromatic heterocycles. The van der Waals surface area contributed by atoms with Gasteiger partial charge in [0.2, 0.25) is 5.91 Å². The van der Waals surface area contributed by atoms with Gasteiger partial charge >= 0.3 is 12.1 Å². The lowest BCUT2D eigenvalue weighted by Crippen LogP contribution is -2.43. The number of fused-ring (bicyclic) bond motifs is 2. The molecule has 1 fully saturated rings. The molecule has 0 bridgehead atoms. The van der Waals surface area contributed by atoms with E-state index in [0.717, 1.165) is 38.3 Å². The maximum atomic E-state index is 13.4. The molecular formula is C22H25F3N2O3S. The molecule has 2 aliphatic heterocycles. The van der Waals surface area contributed by atoms with Gasteiger partial charge < -0.3 is 10.0 Å². The van der Waals surface area contributed by atoms with E-state index in [9.17, 15) is 18.0 Å². The third kappa shape index (κ3) is 4.93. The number of likely N-dealkylation sites (tertiary alicyclic amines) is 1. The van der Waals surface area contributed by atoms with E-state index in [1.807, 2.05) is 4.90 Å². The van der Waals surface area contributed by atoms with Gasteiger partial charge in [-0.1, -0.05) is 38.1 Å². The average Bonchev–Trinajstić information content (AvgIpc) is 3.40. The highest BCUT2D eigenvalue weighted by molar-refractivity contribution is 7.09. The number of benzene rings is 1. The molecule has 31 heavy (non-hydrogen) atoms. The minimum Gasteiger partial charge on any atom is -0.475 e. The standard InChI is InChI=1S/C20H24N2OS.C2HF3O2/c1-15(2)12-22-18-8-4-3-7-17(18)20(19(22)23)9-10-21(14-20)13-16-6-5-11-24-16;3-2(4,5)1(6)7/h3-8,11,15H,9-10,12-14H2,1-2H3;(H,6,7). The molecule has 0 saturated carbocycles. The Kier molecular flexibility index (Phi) is 6.76. The van der Waals surface area contributed by atoms with Gasteiger partial charge in [0, 0.05) is 30.2 Å². The van der Waals surface area contributed by atoms with Crippen molar-refractivity contribution < 1.29 is 27.9 Å². The Morgan fingerprint density at radius 1 is 1.23 bits per heavy atom. The normalized spacial score (nSPS) is 20.8. The van der Waals surface area contributed by atoms with Crippen LogP contribution in [-0.4, -0.2) is 47.7 Å². The van der Waals surface area contributed by atoms with Crippen LogP contribution in [0.25, 0.3) is 0 Å². The molecule has 1 amide bonds. The Morgan fingerprint density at radius 2 is 1.90 bits per heavy atom. The zero-order valence-electron chi connectivity index (χ0n) is 17.4. The first-order chi connectivity index (χ1) is 14.5. The molecule has 9 heteroatoms. The van der Waals surface area contributed by atoms with Crippen LogP contribution in [0.5, 0.6) is 0 Å². The summed E-state index contributed by atoms with van der Waals surface area (Å²) < 4.78 is 31.7. The third-order valence-corrected chi connectivity index (χ3v) is 6.32. The summed E-state index contributed by atoms with van der Waals surface area (Å²) in [6, 6.07) is 12.7. The number of aliphatic carboxylic acids is 1. The van der Waals surface area contributed by atoms with Crippen molar-refractivity contribution in [3.8, 4) is 0 Å². The smallest absolute Gasteiger partial charge is 0.475 e. The lowest BCUT2D eigenvalue weighted by atomic mass is 9.81. The quantitative estimate of drug-likeness (QED) is 0.738. The number of alkyl halides is 3. The third-order valence-electron chi connectivity index (χ3n) is 5.46. The molecule has 0 aliphatic carbocycles. The first-order valence-electron chi connectivity index (χ1n) is 10.0. The molecule has 2 aromatic rings. The minimum absolute atomic E-state index is 0.311. The van der Waals surface area contributed by atoms with Gasteiger partial charge in [-0.25, -0.2) is 4.79 Å². The van der Waals surface area contributed by atoms with Gasteiger partial charge in [-0.2, -0.15) is 13.2 Å². The number of nitrogens with zero attached hydrogens (tertiary/aromatic N) is 2.